The number of carbonyl (C=O) groups excluding carboxylic acids is 1. The topological polar surface area (TPSA) is 267 Å². The number of rotatable bonds is 13. The predicted octanol–water partition coefficient (Wildman–Crippen LogP) is -2.84. The average Bonchev–Trinajstić information content (AvgIpc) is 2.59. The molecule has 0 aromatic heterocycles. The lowest BCUT2D eigenvalue weighted by Crippen LogP contribution is -2.42. The number of hydrogen-bond donors (Lipinski definition) is 8. The van der Waals surface area contributed by atoms with Crippen molar-refractivity contribution in [1.29, 1.82) is 0 Å². The van der Waals surface area contributed by atoms with Crippen LogP contribution in [0, 0.1) is 0 Å². The van der Waals surface area contributed by atoms with Gasteiger partial charge >= 0.3 is 29.8 Å². The number of aliphatic hydroxyl groups is 3. The number of carboxylic acids is 5. The summed E-state index contributed by atoms with van der Waals surface area (Å²) >= 11 is 0. The Morgan fingerprint density at radius 1 is 0.710 bits per heavy atom. The summed E-state index contributed by atoms with van der Waals surface area (Å²) in [6.07, 6.45) is -3.15. The van der Waals surface area contributed by atoms with Gasteiger partial charge in [-0.1, -0.05) is 0 Å². The first-order chi connectivity index (χ1) is 14.1. The summed E-state index contributed by atoms with van der Waals surface area (Å²) in [5.41, 5.74) is -2.74. The fourth-order valence-electron chi connectivity index (χ4n) is 1.49. The molecule has 0 atom stereocenters. The Balaban J connectivity index is -0.000000392. The van der Waals surface area contributed by atoms with Gasteiger partial charge in [-0.3, -0.25) is 19.2 Å². The van der Waals surface area contributed by atoms with Gasteiger partial charge in [0.1, 0.15) is 0 Å². The molecule has 0 aromatic rings. The molecule has 0 amide bonds. The standard InChI is InChI=1S/C6H8O7.C5H13NO2.C5H6O5/c7-3(8)1-6(13,5(11)12)2-4(9)10;1-6(2-4-7)3-5-8;6-3(5(9)10)1-2-4(7)8/h13H,1-2H2,(H,7,8)(H,9,10)(H,11,12);7-8H,2-5H2,1H3;1-2H2,(H,7,8)(H,9,10). The predicted molar refractivity (Wildman–Crippen MR) is 98.3 cm³/mol. The van der Waals surface area contributed by atoms with Gasteiger partial charge in [0.25, 0.3) is 0 Å². The van der Waals surface area contributed by atoms with Crippen molar-refractivity contribution in [2.45, 2.75) is 31.3 Å². The highest BCUT2D eigenvalue weighted by Crippen LogP contribution is 2.15. The van der Waals surface area contributed by atoms with Crippen molar-refractivity contribution in [3.63, 3.8) is 0 Å². The van der Waals surface area contributed by atoms with Crippen molar-refractivity contribution in [3.05, 3.63) is 0 Å². The minimum absolute atomic E-state index is 0.163. The SMILES string of the molecule is CN(CCO)CCO.O=C(O)CC(O)(CC(=O)O)C(=O)O.O=C(O)CCC(=O)C(=O)O. The van der Waals surface area contributed by atoms with Crippen LogP contribution >= 0.6 is 0 Å². The number of likely N-dealkylation sites (N-methyl/N-ethyl adjacent to an activating group) is 1. The van der Waals surface area contributed by atoms with Crippen molar-refractivity contribution in [2.24, 2.45) is 0 Å². The number of aliphatic carboxylic acids is 5. The maximum absolute atomic E-state index is 10.3. The van der Waals surface area contributed by atoms with Gasteiger partial charge in [0.05, 0.1) is 32.5 Å². The molecule has 0 heterocycles. The molecule has 0 rings (SSSR count). The lowest BCUT2D eigenvalue weighted by atomic mass is 9.96. The van der Waals surface area contributed by atoms with Gasteiger partial charge in [-0.2, -0.15) is 0 Å². The van der Waals surface area contributed by atoms with E-state index in [-0.39, 0.29) is 13.2 Å². The first kappa shape index (κ1) is 32.5. The molecule has 31 heavy (non-hydrogen) atoms. The number of carbonyl (C=O) groups is 6. The van der Waals surface area contributed by atoms with Gasteiger partial charge in [-0.05, 0) is 7.05 Å². The van der Waals surface area contributed by atoms with Gasteiger partial charge in [0, 0.05) is 19.5 Å². The first-order valence-electron chi connectivity index (χ1n) is 8.40. The van der Waals surface area contributed by atoms with E-state index in [2.05, 4.69) is 0 Å². The Bertz CT molecular complexity index is 595. The zero-order chi connectivity index (χ0) is 25.2. The van der Waals surface area contributed by atoms with Crippen LogP contribution in [0.2, 0.25) is 0 Å². The summed E-state index contributed by atoms with van der Waals surface area (Å²) in [5.74, 6) is -8.84. The van der Waals surface area contributed by atoms with Gasteiger partial charge in [0.15, 0.2) is 5.60 Å². The van der Waals surface area contributed by atoms with E-state index in [1.165, 1.54) is 0 Å². The van der Waals surface area contributed by atoms with E-state index in [9.17, 15) is 28.8 Å². The molecule has 0 aliphatic heterocycles. The highest BCUT2D eigenvalue weighted by Gasteiger charge is 2.40. The number of nitrogens with zero attached hydrogens (tertiary/aromatic N) is 1. The zero-order valence-electron chi connectivity index (χ0n) is 16.6. The third kappa shape index (κ3) is 21.4. The van der Waals surface area contributed by atoms with E-state index in [1.807, 2.05) is 11.9 Å². The maximum atomic E-state index is 10.3. The Hall–Kier alpha value is -3.14. The number of Topliss-reactive ketones (excluding diaryl/α,β-unsaturated/α-hetero) is 1. The Morgan fingerprint density at radius 2 is 1.10 bits per heavy atom. The summed E-state index contributed by atoms with van der Waals surface area (Å²) in [4.78, 5) is 62.1. The van der Waals surface area contributed by atoms with Gasteiger partial charge in [-0.15, -0.1) is 0 Å². The van der Waals surface area contributed by atoms with Gasteiger partial charge in [0.2, 0.25) is 5.78 Å². The van der Waals surface area contributed by atoms with Crippen molar-refractivity contribution >= 4 is 35.6 Å². The second-order valence-electron chi connectivity index (χ2n) is 5.85. The third-order valence-corrected chi connectivity index (χ3v) is 3.05. The summed E-state index contributed by atoms with van der Waals surface area (Å²) in [7, 11) is 1.85. The first-order valence-corrected chi connectivity index (χ1v) is 8.40. The smallest absolute Gasteiger partial charge is 0.372 e. The molecule has 0 aliphatic carbocycles. The lowest BCUT2D eigenvalue weighted by Gasteiger charge is -2.18. The van der Waals surface area contributed by atoms with Crippen LogP contribution in [0.3, 0.4) is 0 Å². The molecular formula is C16H27NO14. The van der Waals surface area contributed by atoms with Gasteiger partial charge < -0.3 is 45.8 Å². The molecule has 15 heteroatoms. The molecule has 15 nitrogen and oxygen atoms in total. The van der Waals surface area contributed by atoms with Gasteiger partial charge in [-0.25, -0.2) is 9.59 Å². The highest BCUT2D eigenvalue weighted by molar-refractivity contribution is 6.32. The van der Waals surface area contributed by atoms with E-state index in [4.69, 9.17) is 40.9 Å². The third-order valence-electron chi connectivity index (χ3n) is 3.05. The largest absolute Gasteiger partial charge is 0.481 e. The van der Waals surface area contributed by atoms with E-state index in [0.717, 1.165) is 0 Å². The molecule has 0 radical (unpaired) electrons. The van der Waals surface area contributed by atoms with E-state index >= 15 is 0 Å². The highest BCUT2D eigenvalue weighted by atomic mass is 16.4. The molecule has 0 spiro atoms. The molecule has 0 unspecified atom stereocenters. The van der Waals surface area contributed by atoms with Crippen molar-refractivity contribution in [3.8, 4) is 0 Å². The van der Waals surface area contributed by atoms with E-state index in [0.29, 0.717) is 13.1 Å². The molecule has 180 valence electrons. The minimum atomic E-state index is -2.74. The zero-order valence-corrected chi connectivity index (χ0v) is 16.6. The van der Waals surface area contributed by atoms with Crippen LogP contribution in [0.5, 0.6) is 0 Å². The normalized spacial score (nSPS) is 10.1. The van der Waals surface area contributed by atoms with Crippen LogP contribution in [0.15, 0.2) is 0 Å². The molecular weight excluding hydrogens is 430 g/mol. The molecule has 0 bridgehead atoms. The number of ketones is 1. The quantitative estimate of drug-likeness (QED) is 0.129. The average molecular weight is 457 g/mol. The summed E-state index contributed by atoms with van der Waals surface area (Å²) < 4.78 is 0. The van der Waals surface area contributed by atoms with Crippen molar-refractivity contribution < 1.29 is 69.6 Å². The van der Waals surface area contributed by atoms with E-state index in [1.54, 1.807) is 0 Å². The van der Waals surface area contributed by atoms with Crippen LogP contribution in [-0.2, 0) is 28.8 Å². The molecule has 0 aromatic carbocycles. The summed E-state index contributed by atoms with van der Waals surface area (Å²) in [5, 5.41) is 66.4. The Kier molecular flexibility index (Phi) is 18.6. The van der Waals surface area contributed by atoms with E-state index < -0.39 is 66.9 Å². The van der Waals surface area contributed by atoms with Crippen LogP contribution in [-0.4, -0.2) is 120 Å². The fourth-order valence-corrected chi connectivity index (χ4v) is 1.49. The maximum Gasteiger partial charge on any atom is 0.372 e. The Morgan fingerprint density at radius 3 is 1.32 bits per heavy atom. The molecule has 0 saturated heterocycles. The second kappa shape index (κ2) is 17.7. The molecule has 0 fully saturated rings. The summed E-state index contributed by atoms with van der Waals surface area (Å²) in [6.45, 7) is 1.61. The Labute approximate surface area is 175 Å². The van der Waals surface area contributed by atoms with Crippen molar-refractivity contribution in [2.75, 3.05) is 33.4 Å². The molecule has 0 saturated carbocycles. The number of carboxylic acid groups (broad SMARTS) is 5. The lowest BCUT2D eigenvalue weighted by molar-refractivity contribution is -0.170. The molecule has 0 aliphatic rings. The van der Waals surface area contributed by atoms with Crippen molar-refractivity contribution in [1.82, 2.24) is 4.90 Å². The monoisotopic (exact) mass is 457 g/mol. The van der Waals surface area contributed by atoms with Crippen LogP contribution < -0.4 is 0 Å². The second-order valence-corrected chi connectivity index (χ2v) is 5.85. The van der Waals surface area contributed by atoms with Crippen LogP contribution in [0.1, 0.15) is 25.7 Å². The number of aliphatic hydroxyl groups excluding tert-OH is 2. The van der Waals surface area contributed by atoms with Crippen LogP contribution in [0.4, 0.5) is 0 Å². The fraction of sp³-hybridized carbons (Fsp3) is 0.625. The summed E-state index contributed by atoms with van der Waals surface area (Å²) in [6, 6.07) is 0. The van der Waals surface area contributed by atoms with Crippen LogP contribution in [0.25, 0.3) is 0 Å². The minimum Gasteiger partial charge on any atom is -0.481 e. The number of hydrogen-bond acceptors (Lipinski definition) is 10. The molecule has 8 N–H and O–H groups in total.